The molecule has 0 radical (unpaired) electrons. The number of hydrogen-bond donors (Lipinski definition) is 1. The fourth-order valence-electron chi connectivity index (χ4n) is 1.31. The summed E-state index contributed by atoms with van der Waals surface area (Å²) in [7, 11) is 4.51. The molecule has 0 saturated heterocycles. The van der Waals surface area contributed by atoms with Crippen molar-refractivity contribution < 1.29 is 19.4 Å². The summed E-state index contributed by atoms with van der Waals surface area (Å²) in [6.07, 6.45) is -1.32. The third-order valence-electron chi connectivity index (χ3n) is 2.30. The van der Waals surface area contributed by atoms with Gasteiger partial charge < -0.3 is 14.7 Å². The molecular weight excluding hydrogens is 222 g/mol. The molecule has 0 aliphatic carbocycles. The molecule has 0 fully saturated rings. The summed E-state index contributed by atoms with van der Waals surface area (Å²) in [5.74, 6) is -0.860. The van der Waals surface area contributed by atoms with Crippen LogP contribution in [0.5, 0.6) is 0 Å². The molecule has 1 N–H and O–H groups in total. The molecule has 5 nitrogen and oxygen atoms in total. The van der Waals surface area contributed by atoms with Gasteiger partial charge in [-0.25, -0.2) is 4.79 Å². The third-order valence-corrected chi connectivity index (χ3v) is 2.30. The number of carbonyl (C=O) groups excluding carboxylic acids is 2. The Labute approximate surface area is 99.6 Å². The summed E-state index contributed by atoms with van der Waals surface area (Å²) in [4.78, 5) is 24.1. The largest absolute Gasteiger partial charge is 0.467 e. The number of ether oxygens (including phenoxy) is 1. The predicted octanol–water partition coefficient (Wildman–Crippen LogP) is 0.595. The maximum atomic E-state index is 11.6. The maximum absolute atomic E-state index is 11.6. The van der Waals surface area contributed by atoms with Gasteiger partial charge in [-0.2, -0.15) is 0 Å². The first-order valence-electron chi connectivity index (χ1n) is 5.05. The SMILES string of the molecule is COC(=O)C(O)c1ccc(C(=O)N(C)C)cc1. The first-order chi connectivity index (χ1) is 7.97. The Morgan fingerprint density at radius 2 is 1.76 bits per heavy atom. The van der Waals surface area contributed by atoms with Gasteiger partial charge in [0.1, 0.15) is 0 Å². The van der Waals surface area contributed by atoms with E-state index in [2.05, 4.69) is 4.74 Å². The molecule has 0 aliphatic heterocycles. The van der Waals surface area contributed by atoms with Gasteiger partial charge in [0.2, 0.25) is 0 Å². The normalized spacial score (nSPS) is 11.8. The second kappa shape index (κ2) is 5.45. The topological polar surface area (TPSA) is 66.8 Å². The van der Waals surface area contributed by atoms with Gasteiger partial charge >= 0.3 is 5.97 Å². The number of methoxy groups -OCH3 is 1. The quantitative estimate of drug-likeness (QED) is 0.781. The third kappa shape index (κ3) is 3.04. The smallest absolute Gasteiger partial charge is 0.339 e. The molecule has 0 aliphatic rings. The second-order valence-corrected chi connectivity index (χ2v) is 3.75. The number of carbonyl (C=O) groups is 2. The van der Waals surface area contributed by atoms with Crippen LogP contribution in [-0.2, 0) is 9.53 Å². The van der Waals surface area contributed by atoms with E-state index in [4.69, 9.17) is 0 Å². The van der Waals surface area contributed by atoms with Crippen molar-refractivity contribution in [2.45, 2.75) is 6.10 Å². The van der Waals surface area contributed by atoms with Crippen LogP contribution in [0.25, 0.3) is 0 Å². The Morgan fingerprint density at radius 1 is 1.24 bits per heavy atom. The Balaban J connectivity index is 2.88. The van der Waals surface area contributed by atoms with Crippen molar-refractivity contribution in [3.63, 3.8) is 0 Å². The van der Waals surface area contributed by atoms with Crippen LogP contribution in [0, 0.1) is 0 Å². The molecule has 0 spiro atoms. The second-order valence-electron chi connectivity index (χ2n) is 3.75. The highest BCUT2D eigenvalue weighted by atomic mass is 16.5. The molecule has 1 amide bonds. The lowest BCUT2D eigenvalue weighted by Crippen LogP contribution is -2.21. The average molecular weight is 237 g/mol. The van der Waals surface area contributed by atoms with Gasteiger partial charge in [-0.1, -0.05) is 12.1 Å². The number of aliphatic hydroxyl groups is 1. The van der Waals surface area contributed by atoms with E-state index in [0.717, 1.165) is 0 Å². The van der Waals surface area contributed by atoms with Crippen LogP contribution >= 0.6 is 0 Å². The first kappa shape index (κ1) is 13.2. The first-order valence-corrected chi connectivity index (χ1v) is 5.05. The van der Waals surface area contributed by atoms with E-state index in [9.17, 15) is 14.7 Å². The number of benzene rings is 1. The Bertz CT molecular complexity index is 411. The van der Waals surface area contributed by atoms with E-state index >= 15 is 0 Å². The van der Waals surface area contributed by atoms with Crippen LogP contribution in [0.2, 0.25) is 0 Å². The Kier molecular flexibility index (Phi) is 4.23. The van der Waals surface area contributed by atoms with Crippen molar-refractivity contribution in [1.82, 2.24) is 4.90 Å². The minimum Gasteiger partial charge on any atom is -0.467 e. The molecule has 0 aromatic heterocycles. The number of aliphatic hydroxyl groups excluding tert-OH is 1. The van der Waals surface area contributed by atoms with E-state index in [1.807, 2.05) is 0 Å². The molecule has 1 aromatic carbocycles. The van der Waals surface area contributed by atoms with Gasteiger partial charge in [0.05, 0.1) is 7.11 Å². The summed E-state index contributed by atoms with van der Waals surface area (Å²) in [6.45, 7) is 0. The molecule has 1 atom stereocenters. The molecule has 92 valence electrons. The van der Waals surface area contributed by atoms with E-state index in [0.29, 0.717) is 11.1 Å². The van der Waals surface area contributed by atoms with E-state index in [1.54, 1.807) is 26.2 Å². The number of esters is 1. The van der Waals surface area contributed by atoms with Crippen molar-refractivity contribution in [2.75, 3.05) is 21.2 Å². The molecule has 17 heavy (non-hydrogen) atoms. The fraction of sp³-hybridized carbons (Fsp3) is 0.333. The average Bonchev–Trinajstić information content (AvgIpc) is 2.36. The minimum absolute atomic E-state index is 0.135. The molecule has 0 heterocycles. The van der Waals surface area contributed by atoms with Crippen molar-refractivity contribution in [3.8, 4) is 0 Å². The van der Waals surface area contributed by atoms with Crippen molar-refractivity contribution in [1.29, 1.82) is 0 Å². The summed E-state index contributed by atoms with van der Waals surface area (Å²) in [5.41, 5.74) is 0.892. The number of amides is 1. The zero-order valence-corrected chi connectivity index (χ0v) is 10.0. The van der Waals surface area contributed by atoms with E-state index < -0.39 is 12.1 Å². The standard InChI is InChI=1S/C12H15NO4/c1-13(2)11(15)9-6-4-8(5-7-9)10(14)12(16)17-3/h4-7,10,14H,1-3H3. The minimum atomic E-state index is -1.32. The summed E-state index contributed by atoms with van der Waals surface area (Å²) in [5, 5.41) is 9.56. The lowest BCUT2D eigenvalue weighted by Gasteiger charge is -2.12. The highest BCUT2D eigenvalue weighted by Crippen LogP contribution is 2.15. The van der Waals surface area contributed by atoms with Crippen molar-refractivity contribution in [2.24, 2.45) is 0 Å². The zero-order valence-electron chi connectivity index (χ0n) is 10.0. The molecule has 0 saturated carbocycles. The Hall–Kier alpha value is -1.88. The lowest BCUT2D eigenvalue weighted by molar-refractivity contribution is -0.150. The van der Waals surface area contributed by atoms with Gasteiger partial charge in [0.25, 0.3) is 5.91 Å². The summed E-state index contributed by atoms with van der Waals surface area (Å²) < 4.78 is 4.42. The number of hydrogen-bond acceptors (Lipinski definition) is 4. The van der Waals surface area contributed by atoms with Gasteiger partial charge in [-0.05, 0) is 17.7 Å². The highest BCUT2D eigenvalue weighted by Gasteiger charge is 2.18. The molecule has 5 heteroatoms. The highest BCUT2D eigenvalue weighted by molar-refractivity contribution is 5.94. The number of rotatable bonds is 3. The molecular formula is C12H15NO4. The Morgan fingerprint density at radius 3 is 2.18 bits per heavy atom. The van der Waals surface area contributed by atoms with Crippen LogP contribution in [-0.4, -0.2) is 43.1 Å². The molecule has 1 rings (SSSR count). The van der Waals surface area contributed by atoms with Crippen LogP contribution in [0.1, 0.15) is 22.0 Å². The predicted molar refractivity (Wildman–Crippen MR) is 61.4 cm³/mol. The van der Waals surface area contributed by atoms with Crippen LogP contribution < -0.4 is 0 Å². The van der Waals surface area contributed by atoms with Crippen molar-refractivity contribution in [3.05, 3.63) is 35.4 Å². The maximum Gasteiger partial charge on any atom is 0.339 e. The zero-order chi connectivity index (χ0) is 13.0. The lowest BCUT2D eigenvalue weighted by atomic mass is 10.1. The van der Waals surface area contributed by atoms with Crippen LogP contribution in [0.3, 0.4) is 0 Å². The van der Waals surface area contributed by atoms with Gasteiger partial charge in [-0.3, -0.25) is 4.79 Å². The van der Waals surface area contributed by atoms with E-state index in [-0.39, 0.29) is 5.91 Å². The summed E-state index contributed by atoms with van der Waals surface area (Å²) >= 11 is 0. The molecule has 1 unspecified atom stereocenters. The van der Waals surface area contributed by atoms with Gasteiger partial charge in [0, 0.05) is 19.7 Å². The van der Waals surface area contributed by atoms with E-state index in [1.165, 1.54) is 24.1 Å². The van der Waals surface area contributed by atoms with Gasteiger partial charge in [-0.15, -0.1) is 0 Å². The summed E-state index contributed by atoms with van der Waals surface area (Å²) in [6, 6.07) is 6.17. The fourth-order valence-corrected chi connectivity index (χ4v) is 1.31. The molecule has 1 aromatic rings. The van der Waals surface area contributed by atoms with Crippen molar-refractivity contribution >= 4 is 11.9 Å². The van der Waals surface area contributed by atoms with Crippen LogP contribution in [0.4, 0.5) is 0 Å². The molecule has 0 bridgehead atoms. The van der Waals surface area contributed by atoms with Gasteiger partial charge in [0.15, 0.2) is 6.10 Å². The monoisotopic (exact) mass is 237 g/mol. The van der Waals surface area contributed by atoms with Crippen LogP contribution in [0.15, 0.2) is 24.3 Å². The number of nitrogens with zero attached hydrogens (tertiary/aromatic N) is 1.